The van der Waals surface area contributed by atoms with Gasteiger partial charge in [0, 0.05) is 16.2 Å². The second-order valence-corrected chi connectivity index (χ2v) is 6.07. The van der Waals surface area contributed by atoms with E-state index in [9.17, 15) is 5.11 Å². The van der Waals surface area contributed by atoms with Crippen LogP contribution in [0.25, 0.3) is 11.4 Å². The van der Waals surface area contributed by atoms with Crippen LogP contribution in [-0.2, 0) is 0 Å². The zero-order valence-corrected chi connectivity index (χ0v) is 14.5. The number of phenolic OH excluding ortho intramolecular Hbond substituents is 1. The lowest BCUT2D eigenvalue weighted by Gasteiger charge is -2.07. The summed E-state index contributed by atoms with van der Waals surface area (Å²) in [6.45, 7) is 1.87. The smallest absolute Gasteiger partial charge is 0.165 e. The molecule has 0 saturated carbocycles. The van der Waals surface area contributed by atoms with Crippen LogP contribution in [0.3, 0.4) is 0 Å². The van der Waals surface area contributed by atoms with Gasteiger partial charge in [-0.05, 0) is 36.8 Å². The molecule has 0 spiro atoms. The number of hydrogen-bond acceptors (Lipinski definition) is 5. The first-order chi connectivity index (χ1) is 11.6. The molecule has 1 heterocycles. The predicted octanol–water partition coefficient (Wildman–Crippen LogP) is 4.37. The summed E-state index contributed by atoms with van der Waals surface area (Å²) in [5, 5.41) is 14.2. The standard InChI is InChI=1S/C18H15BrN4O/c1-12-10-17(23-20-11-13-6-8-14(19)9-7-13)22-18(21-12)15-4-2-3-5-16(15)24/h2-11,24H,1H3,(H,21,22,23). The number of aryl methyl sites for hydroxylation is 1. The van der Waals surface area contributed by atoms with E-state index in [1.807, 2.05) is 37.3 Å². The van der Waals surface area contributed by atoms with Gasteiger partial charge < -0.3 is 5.11 Å². The molecule has 6 heteroatoms. The largest absolute Gasteiger partial charge is 0.507 e. The van der Waals surface area contributed by atoms with E-state index in [1.165, 1.54) is 0 Å². The minimum Gasteiger partial charge on any atom is -0.507 e. The van der Waals surface area contributed by atoms with Gasteiger partial charge in [-0.25, -0.2) is 9.97 Å². The van der Waals surface area contributed by atoms with Crippen molar-refractivity contribution in [3.8, 4) is 17.1 Å². The van der Waals surface area contributed by atoms with Crippen molar-refractivity contribution in [3.05, 3.63) is 70.3 Å². The lowest BCUT2D eigenvalue weighted by molar-refractivity contribution is 0.477. The van der Waals surface area contributed by atoms with E-state index < -0.39 is 0 Å². The molecule has 0 saturated heterocycles. The van der Waals surface area contributed by atoms with Gasteiger partial charge in [-0.3, -0.25) is 5.43 Å². The van der Waals surface area contributed by atoms with Crippen molar-refractivity contribution in [3.63, 3.8) is 0 Å². The van der Waals surface area contributed by atoms with E-state index in [-0.39, 0.29) is 5.75 Å². The summed E-state index contributed by atoms with van der Waals surface area (Å²) in [6.07, 6.45) is 1.71. The molecule has 120 valence electrons. The molecule has 0 radical (unpaired) electrons. The highest BCUT2D eigenvalue weighted by Gasteiger charge is 2.08. The van der Waals surface area contributed by atoms with Gasteiger partial charge in [-0.15, -0.1) is 0 Å². The second-order valence-electron chi connectivity index (χ2n) is 5.16. The third-order valence-electron chi connectivity index (χ3n) is 3.26. The number of benzene rings is 2. The first-order valence-electron chi connectivity index (χ1n) is 7.30. The number of para-hydroxylation sites is 1. The highest BCUT2D eigenvalue weighted by Crippen LogP contribution is 2.26. The zero-order valence-electron chi connectivity index (χ0n) is 12.9. The molecule has 0 unspecified atom stereocenters. The SMILES string of the molecule is Cc1cc(NN=Cc2ccc(Br)cc2)nc(-c2ccccc2O)n1. The number of aromatic hydroxyl groups is 1. The molecular weight excluding hydrogens is 368 g/mol. The first-order valence-corrected chi connectivity index (χ1v) is 8.10. The van der Waals surface area contributed by atoms with Gasteiger partial charge in [0.05, 0.1) is 11.8 Å². The summed E-state index contributed by atoms with van der Waals surface area (Å²) < 4.78 is 1.02. The fourth-order valence-corrected chi connectivity index (χ4v) is 2.40. The van der Waals surface area contributed by atoms with Crippen molar-refractivity contribution in [2.45, 2.75) is 6.92 Å². The summed E-state index contributed by atoms with van der Waals surface area (Å²) >= 11 is 3.40. The molecule has 3 rings (SSSR count). The summed E-state index contributed by atoms with van der Waals surface area (Å²) in [5.41, 5.74) is 5.24. The normalized spacial score (nSPS) is 10.9. The quantitative estimate of drug-likeness (QED) is 0.519. The molecular formula is C18H15BrN4O. The lowest BCUT2D eigenvalue weighted by atomic mass is 10.2. The van der Waals surface area contributed by atoms with Crippen LogP contribution in [0, 0.1) is 6.92 Å². The number of rotatable bonds is 4. The van der Waals surface area contributed by atoms with Crippen LogP contribution in [0.1, 0.15) is 11.3 Å². The van der Waals surface area contributed by atoms with E-state index in [1.54, 1.807) is 30.5 Å². The summed E-state index contributed by atoms with van der Waals surface area (Å²) in [7, 11) is 0. The lowest BCUT2D eigenvalue weighted by Crippen LogP contribution is -1.99. The number of halogens is 1. The monoisotopic (exact) mass is 382 g/mol. The zero-order chi connectivity index (χ0) is 16.9. The van der Waals surface area contributed by atoms with Crippen LogP contribution >= 0.6 is 15.9 Å². The number of phenols is 1. The van der Waals surface area contributed by atoms with Crippen molar-refractivity contribution in [2.75, 3.05) is 5.43 Å². The highest BCUT2D eigenvalue weighted by atomic mass is 79.9. The van der Waals surface area contributed by atoms with Gasteiger partial charge in [-0.2, -0.15) is 5.10 Å². The van der Waals surface area contributed by atoms with E-state index in [0.29, 0.717) is 17.2 Å². The minimum absolute atomic E-state index is 0.146. The van der Waals surface area contributed by atoms with Crippen molar-refractivity contribution in [1.82, 2.24) is 9.97 Å². The van der Waals surface area contributed by atoms with Gasteiger partial charge in [0.2, 0.25) is 0 Å². The molecule has 0 amide bonds. The van der Waals surface area contributed by atoms with Crippen LogP contribution < -0.4 is 5.43 Å². The van der Waals surface area contributed by atoms with Crippen LogP contribution in [0.4, 0.5) is 5.82 Å². The Hall–Kier alpha value is -2.73. The third-order valence-corrected chi connectivity index (χ3v) is 3.79. The highest BCUT2D eigenvalue weighted by molar-refractivity contribution is 9.10. The fourth-order valence-electron chi connectivity index (χ4n) is 2.13. The maximum atomic E-state index is 9.96. The first kappa shape index (κ1) is 16.1. The second kappa shape index (κ2) is 7.23. The Morgan fingerprint density at radius 1 is 1.08 bits per heavy atom. The van der Waals surface area contributed by atoms with Gasteiger partial charge >= 0.3 is 0 Å². The molecule has 24 heavy (non-hydrogen) atoms. The number of nitrogens with zero attached hydrogens (tertiary/aromatic N) is 3. The van der Waals surface area contributed by atoms with Crippen LogP contribution in [-0.4, -0.2) is 21.3 Å². The Morgan fingerprint density at radius 3 is 2.58 bits per heavy atom. The van der Waals surface area contributed by atoms with Gasteiger partial charge in [0.15, 0.2) is 11.6 Å². The summed E-state index contributed by atoms with van der Waals surface area (Å²) in [4.78, 5) is 8.78. The van der Waals surface area contributed by atoms with E-state index in [0.717, 1.165) is 15.7 Å². The molecule has 2 aromatic carbocycles. The number of hydrogen-bond donors (Lipinski definition) is 2. The molecule has 5 nitrogen and oxygen atoms in total. The molecule has 0 fully saturated rings. The van der Waals surface area contributed by atoms with Gasteiger partial charge in [0.1, 0.15) is 5.75 Å². The average molecular weight is 383 g/mol. The van der Waals surface area contributed by atoms with Crippen LogP contribution in [0.15, 0.2) is 64.2 Å². The topological polar surface area (TPSA) is 70.4 Å². The molecule has 0 atom stereocenters. The third kappa shape index (κ3) is 3.97. The summed E-state index contributed by atoms with van der Waals surface area (Å²) in [5.74, 6) is 1.16. The van der Waals surface area contributed by atoms with Crippen molar-refractivity contribution in [2.24, 2.45) is 5.10 Å². The Bertz CT molecular complexity index is 878. The molecule has 0 bridgehead atoms. The Labute approximate surface area is 148 Å². The number of hydrazone groups is 1. The van der Waals surface area contributed by atoms with Crippen LogP contribution in [0.2, 0.25) is 0 Å². The number of aromatic nitrogens is 2. The minimum atomic E-state index is 0.146. The maximum absolute atomic E-state index is 9.96. The molecule has 1 aromatic heterocycles. The van der Waals surface area contributed by atoms with Crippen molar-refractivity contribution < 1.29 is 5.11 Å². The van der Waals surface area contributed by atoms with Crippen molar-refractivity contribution >= 4 is 28.0 Å². The summed E-state index contributed by atoms with van der Waals surface area (Å²) in [6, 6.07) is 16.6. The van der Waals surface area contributed by atoms with E-state index in [4.69, 9.17) is 0 Å². The van der Waals surface area contributed by atoms with Crippen LogP contribution in [0.5, 0.6) is 5.75 Å². The Kier molecular flexibility index (Phi) is 4.86. The molecule has 0 aliphatic heterocycles. The van der Waals surface area contributed by atoms with E-state index in [2.05, 4.69) is 36.4 Å². The predicted molar refractivity (Wildman–Crippen MR) is 99.2 cm³/mol. The van der Waals surface area contributed by atoms with Gasteiger partial charge in [-0.1, -0.05) is 40.2 Å². The molecule has 3 aromatic rings. The molecule has 0 aliphatic rings. The Morgan fingerprint density at radius 2 is 1.83 bits per heavy atom. The van der Waals surface area contributed by atoms with Crippen molar-refractivity contribution in [1.29, 1.82) is 0 Å². The molecule has 2 N–H and O–H groups in total. The fraction of sp³-hybridized carbons (Fsp3) is 0.0556. The van der Waals surface area contributed by atoms with E-state index >= 15 is 0 Å². The number of nitrogens with one attached hydrogen (secondary N) is 1. The Balaban J connectivity index is 1.81. The van der Waals surface area contributed by atoms with Gasteiger partial charge in [0.25, 0.3) is 0 Å². The molecule has 0 aliphatic carbocycles. The number of anilines is 1. The average Bonchev–Trinajstić information content (AvgIpc) is 2.57. The maximum Gasteiger partial charge on any atom is 0.165 e.